The first-order valence-corrected chi connectivity index (χ1v) is 12.9. The molecule has 2 aromatic carbocycles. The van der Waals surface area contributed by atoms with Gasteiger partial charge in [-0.3, -0.25) is 9.59 Å². The largest absolute Gasteiger partial charge is 0.486 e. The molecule has 0 bridgehead atoms. The Labute approximate surface area is 204 Å². The van der Waals surface area contributed by atoms with Gasteiger partial charge in [0, 0.05) is 11.3 Å². The van der Waals surface area contributed by atoms with Crippen LogP contribution in [0.1, 0.15) is 49.8 Å². The summed E-state index contributed by atoms with van der Waals surface area (Å²) in [5.74, 6) is 1.24. The number of hydrogen-bond acceptors (Lipinski definition) is 5. The van der Waals surface area contributed by atoms with E-state index in [9.17, 15) is 9.59 Å². The van der Waals surface area contributed by atoms with Crippen molar-refractivity contribution in [2.75, 3.05) is 19.8 Å². The number of carbonyl (C=O) groups excluding carboxylic acids is 2. The number of nitrogens with one attached hydrogen (secondary N) is 1. The SMILES string of the molecule is CC(NC(=O)CN1C(=O)/C(=C/c2ccccc2)SC2CCCCC21)c1ccc2c(c1)OCCO2. The summed E-state index contributed by atoms with van der Waals surface area (Å²) in [5.41, 5.74) is 1.95. The number of benzene rings is 2. The van der Waals surface area contributed by atoms with E-state index in [4.69, 9.17) is 9.47 Å². The van der Waals surface area contributed by atoms with Crippen molar-refractivity contribution in [1.82, 2.24) is 10.2 Å². The maximum absolute atomic E-state index is 13.5. The van der Waals surface area contributed by atoms with Crippen LogP contribution >= 0.6 is 11.8 Å². The lowest BCUT2D eigenvalue weighted by Gasteiger charge is -2.44. The minimum Gasteiger partial charge on any atom is -0.486 e. The van der Waals surface area contributed by atoms with Gasteiger partial charge in [0.15, 0.2) is 11.5 Å². The Morgan fingerprint density at radius 3 is 2.71 bits per heavy atom. The Balaban J connectivity index is 1.30. The first kappa shape index (κ1) is 22.8. The van der Waals surface area contributed by atoms with Crippen LogP contribution in [0.4, 0.5) is 0 Å². The van der Waals surface area contributed by atoms with Gasteiger partial charge in [0.25, 0.3) is 5.91 Å². The number of rotatable bonds is 5. The van der Waals surface area contributed by atoms with Crippen molar-refractivity contribution in [1.29, 1.82) is 0 Å². The van der Waals surface area contributed by atoms with Gasteiger partial charge in [0.05, 0.1) is 10.9 Å². The van der Waals surface area contributed by atoms with Crippen molar-refractivity contribution in [2.24, 2.45) is 0 Å². The van der Waals surface area contributed by atoms with Gasteiger partial charge in [-0.1, -0.05) is 49.2 Å². The Kier molecular flexibility index (Phi) is 6.81. The summed E-state index contributed by atoms with van der Waals surface area (Å²) in [7, 11) is 0. The molecule has 3 atom stereocenters. The van der Waals surface area contributed by atoms with Gasteiger partial charge in [-0.05, 0) is 49.1 Å². The molecule has 3 aliphatic rings. The zero-order chi connectivity index (χ0) is 23.5. The summed E-state index contributed by atoms with van der Waals surface area (Å²) in [4.78, 5) is 29.1. The van der Waals surface area contributed by atoms with Crippen molar-refractivity contribution >= 4 is 29.7 Å². The molecule has 2 heterocycles. The number of nitrogens with zero attached hydrogens (tertiary/aromatic N) is 1. The number of thioether (sulfide) groups is 1. The van der Waals surface area contributed by atoms with Gasteiger partial charge in [0.2, 0.25) is 5.91 Å². The van der Waals surface area contributed by atoms with Crippen molar-refractivity contribution < 1.29 is 19.1 Å². The minimum absolute atomic E-state index is 0.0425. The molecule has 1 aliphatic carbocycles. The fourth-order valence-electron chi connectivity index (χ4n) is 4.92. The first-order valence-electron chi connectivity index (χ1n) is 12.0. The standard InChI is InChI=1S/C27H30N2O4S/c1-18(20-11-12-22-23(16-20)33-14-13-32-22)28-26(30)17-29-21-9-5-6-10-24(21)34-25(27(29)31)15-19-7-3-2-4-8-19/h2-4,7-8,11-12,15-16,18,21,24H,5-6,9-10,13-14,17H2,1H3,(H,28,30)/b25-15-. The molecule has 1 N–H and O–H groups in total. The van der Waals surface area contributed by atoms with Crippen molar-refractivity contribution in [3.8, 4) is 11.5 Å². The Hall–Kier alpha value is -2.93. The fourth-order valence-corrected chi connectivity index (χ4v) is 6.39. The lowest BCUT2D eigenvalue weighted by Crippen LogP contribution is -2.54. The molecule has 1 saturated carbocycles. The van der Waals surface area contributed by atoms with Gasteiger partial charge < -0.3 is 19.7 Å². The molecule has 34 heavy (non-hydrogen) atoms. The normalized spacial score (nSPS) is 23.9. The van der Waals surface area contributed by atoms with E-state index in [1.807, 2.05) is 61.5 Å². The molecule has 0 radical (unpaired) electrons. The van der Waals surface area contributed by atoms with E-state index in [1.165, 1.54) is 6.42 Å². The van der Waals surface area contributed by atoms with E-state index in [0.29, 0.717) is 24.2 Å². The molecule has 3 unspecified atom stereocenters. The monoisotopic (exact) mass is 478 g/mol. The van der Waals surface area contributed by atoms with Gasteiger partial charge in [0.1, 0.15) is 19.8 Å². The summed E-state index contributed by atoms with van der Waals surface area (Å²) in [6.45, 7) is 3.08. The molecule has 6 nitrogen and oxygen atoms in total. The van der Waals surface area contributed by atoms with Crippen molar-refractivity contribution in [2.45, 2.75) is 49.9 Å². The topological polar surface area (TPSA) is 67.9 Å². The molecule has 1 saturated heterocycles. The van der Waals surface area contributed by atoms with Crippen LogP contribution in [-0.4, -0.2) is 47.8 Å². The zero-order valence-corrected chi connectivity index (χ0v) is 20.2. The van der Waals surface area contributed by atoms with E-state index in [-0.39, 0.29) is 30.4 Å². The molecule has 5 rings (SSSR count). The number of hydrogen-bond donors (Lipinski definition) is 1. The maximum atomic E-state index is 13.5. The number of ether oxygens (including phenoxy) is 2. The summed E-state index contributed by atoms with van der Waals surface area (Å²) >= 11 is 1.69. The van der Waals surface area contributed by atoms with Crippen LogP contribution in [0, 0.1) is 0 Å². The third kappa shape index (κ3) is 4.94. The van der Waals surface area contributed by atoms with E-state index < -0.39 is 0 Å². The van der Waals surface area contributed by atoms with E-state index >= 15 is 0 Å². The average Bonchev–Trinajstić information content (AvgIpc) is 2.87. The predicted octanol–water partition coefficient (Wildman–Crippen LogP) is 4.56. The van der Waals surface area contributed by atoms with Crippen LogP contribution in [0.2, 0.25) is 0 Å². The summed E-state index contributed by atoms with van der Waals surface area (Å²) in [6.07, 6.45) is 6.24. The van der Waals surface area contributed by atoms with Crippen LogP contribution in [0.15, 0.2) is 53.4 Å². The number of fused-ring (bicyclic) bond motifs is 2. The molecule has 0 aromatic heterocycles. The first-order chi connectivity index (χ1) is 16.6. The summed E-state index contributed by atoms with van der Waals surface area (Å²) in [6, 6.07) is 15.5. The van der Waals surface area contributed by atoms with Crippen LogP contribution < -0.4 is 14.8 Å². The molecule has 7 heteroatoms. The maximum Gasteiger partial charge on any atom is 0.261 e. The molecule has 178 valence electrons. The highest BCUT2D eigenvalue weighted by Crippen LogP contribution is 2.42. The van der Waals surface area contributed by atoms with Gasteiger partial charge in [-0.15, -0.1) is 11.8 Å². The van der Waals surface area contributed by atoms with Crippen LogP contribution in [0.3, 0.4) is 0 Å². The van der Waals surface area contributed by atoms with Crippen LogP contribution in [0.25, 0.3) is 6.08 Å². The Morgan fingerprint density at radius 2 is 1.88 bits per heavy atom. The molecular formula is C27H30N2O4S. The van der Waals surface area contributed by atoms with E-state index in [1.54, 1.807) is 16.7 Å². The summed E-state index contributed by atoms with van der Waals surface area (Å²) < 4.78 is 11.3. The molecule has 2 aromatic rings. The molecule has 2 fully saturated rings. The molecular weight excluding hydrogens is 448 g/mol. The molecule has 2 aliphatic heterocycles. The van der Waals surface area contributed by atoms with Gasteiger partial charge in [-0.2, -0.15) is 0 Å². The Bertz CT molecular complexity index is 1090. The van der Waals surface area contributed by atoms with Gasteiger partial charge >= 0.3 is 0 Å². The molecule has 2 amide bonds. The highest BCUT2D eigenvalue weighted by molar-refractivity contribution is 8.04. The van der Waals surface area contributed by atoms with Crippen LogP contribution in [-0.2, 0) is 9.59 Å². The fraction of sp³-hybridized carbons (Fsp3) is 0.407. The van der Waals surface area contributed by atoms with E-state index in [0.717, 1.165) is 41.0 Å². The smallest absolute Gasteiger partial charge is 0.261 e. The average molecular weight is 479 g/mol. The minimum atomic E-state index is -0.209. The number of carbonyl (C=O) groups is 2. The van der Waals surface area contributed by atoms with Crippen molar-refractivity contribution in [3.63, 3.8) is 0 Å². The zero-order valence-electron chi connectivity index (χ0n) is 19.4. The van der Waals surface area contributed by atoms with Crippen LogP contribution in [0.5, 0.6) is 11.5 Å². The highest BCUT2D eigenvalue weighted by atomic mass is 32.2. The summed E-state index contributed by atoms with van der Waals surface area (Å²) in [5, 5.41) is 3.41. The third-order valence-electron chi connectivity index (χ3n) is 6.67. The molecule has 0 spiro atoms. The highest BCUT2D eigenvalue weighted by Gasteiger charge is 2.41. The lowest BCUT2D eigenvalue weighted by atomic mass is 9.93. The van der Waals surface area contributed by atoms with Crippen molar-refractivity contribution in [3.05, 3.63) is 64.6 Å². The second-order valence-electron chi connectivity index (χ2n) is 9.05. The third-order valence-corrected chi connectivity index (χ3v) is 8.07. The second-order valence-corrected chi connectivity index (χ2v) is 10.3. The lowest BCUT2D eigenvalue weighted by molar-refractivity contribution is -0.135. The number of amides is 2. The Morgan fingerprint density at radius 1 is 1.12 bits per heavy atom. The van der Waals surface area contributed by atoms with Gasteiger partial charge in [-0.25, -0.2) is 0 Å². The predicted molar refractivity (Wildman–Crippen MR) is 134 cm³/mol. The quantitative estimate of drug-likeness (QED) is 0.638. The van der Waals surface area contributed by atoms with E-state index in [2.05, 4.69) is 5.32 Å². The second kappa shape index (κ2) is 10.1.